The molecule has 3 N–H and O–H groups in total. The smallest absolute Gasteiger partial charge is 0.329 e. The topological polar surface area (TPSA) is 109 Å². The molecule has 3 amide bonds. The van der Waals surface area contributed by atoms with Gasteiger partial charge in [0.25, 0.3) is 5.91 Å². The average molecular weight is 571 g/mol. The second kappa shape index (κ2) is 13.0. The van der Waals surface area contributed by atoms with Crippen LogP contribution in [0.25, 0.3) is 0 Å². The summed E-state index contributed by atoms with van der Waals surface area (Å²) in [5.74, 6) is -1.68. The fraction of sp³-hybridized carbons (Fsp3) is 0.0345. The first-order chi connectivity index (χ1) is 18.5. The Hall–Kier alpha value is -4.76. The number of anilines is 2. The molecule has 0 saturated heterocycles. The third kappa shape index (κ3) is 7.62. The lowest BCUT2D eigenvalue weighted by molar-refractivity contribution is -0.136. The molecule has 38 heavy (non-hydrogen) atoms. The minimum atomic E-state index is -0.979. The number of ether oxygens (including phenoxy) is 1. The molecule has 0 aliphatic rings. The Labute approximate surface area is 227 Å². The number of hydrazone groups is 1. The number of hydrogen-bond acceptors (Lipinski definition) is 5. The molecule has 4 aromatic carbocycles. The molecule has 0 fully saturated rings. The number of nitrogens with zero attached hydrogens (tertiary/aromatic N) is 1. The summed E-state index contributed by atoms with van der Waals surface area (Å²) < 4.78 is 6.62. The van der Waals surface area contributed by atoms with Crippen LogP contribution in [-0.2, 0) is 16.2 Å². The molecule has 0 heterocycles. The number of carbonyl (C=O) groups is 3. The SMILES string of the molecule is O=C(N/N=C\c1ccc(OCc2ccccc2)cc1)C(=O)Nc1ccccc1C(=O)Nc1ccc(Br)cc1. The summed E-state index contributed by atoms with van der Waals surface area (Å²) >= 11 is 3.34. The third-order valence-electron chi connectivity index (χ3n) is 5.24. The number of benzene rings is 4. The standard InChI is InChI=1S/C29H23BrN4O4/c30-22-12-14-23(15-13-22)32-27(35)25-8-4-5-9-26(25)33-28(36)29(37)34-31-18-20-10-16-24(17-11-20)38-19-21-6-2-1-3-7-21/h1-18H,19H2,(H,32,35)(H,33,36)(H,34,37)/b31-18-. The molecule has 0 unspecified atom stereocenters. The molecule has 0 atom stereocenters. The van der Waals surface area contributed by atoms with E-state index in [0.717, 1.165) is 10.0 Å². The highest BCUT2D eigenvalue weighted by atomic mass is 79.9. The van der Waals surface area contributed by atoms with Crippen molar-refractivity contribution in [3.63, 3.8) is 0 Å². The van der Waals surface area contributed by atoms with Crippen molar-refractivity contribution in [2.75, 3.05) is 10.6 Å². The van der Waals surface area contributed by atoms with Crippen LogP contribution in [0.5, 0.6) is 5.75 Å². The molecule has 0 radical (unpaired) electrons. The summed E-state index contributed by atoms with van der Waals surface area (Å²) in [5.41, 5.74) is 4.93. The molecular formula is C29H23BrN4O4. The molecule has 4 aromatic rings. The minimum absolute atomic E-state index is 0.192. The summed E-state index contributed by atoms with van der Waals surface area (Å²) in [6, 6.07) is 30.4. The maximum absolute atomic E-state index is 12.7. The second-order valence-electron chi connectivity index (χ2n) is 8.00. The van der Waals surface area contributed by atoms with Crippen LogP contribution in [0.1, 0.15) is 21.5 Å². The predicted octanol–water partition coefficient (Wildman–Crippen LogP) is 5.37. The third-order valence-corrected chi connectivity index (χ3v) is 5.77. The number of hydrogen-bond donors (Lipinski definition) is 3. The zero-order valence-corrected chi connectivity index (χ0v) is 21.6. The monoisotopic (exact) mass is 570 g/mol. The van der Waals surface area contributed by atoms with Crippen molar-refractivity contribution in [3.05, 3.63) is 124 Å². The van der Waals surface area contributed by atoms with E-state index < -0.39 is 17.7 Å². The fourth-order valence-corrected chi connectivity index (χ4v) is 3.57. The van der Waals surface area contributed by atoms with Crippen LogP contribution in [0.3, 0.4) is 0 Å². The van der Waals surface area contributed by atoms with Crippen molar-refractivity contribution in [2.24, 2.45) is 5.10 Å². The second-order valence-corrected chi connectivity index (χ2v) is 8.92. The molecule has 190 valence electrons. The van der Waals surface area contributed by atoms with E-state index in [1.54, 1.807) is 66.7 Å². The van der Waals surface area contributed by atoms with Gasteiger partial charge < -0.3 is 15.4 Å². The highest BCUT2D eigenvalue weighted by Crippen LogP contribution is 2.19. The molecular weight excluding hydrogens is 548 g/mol. The van der Waals surface area contributed by atoms with Crippen molar-refractivity contribution < 1.29 is 19.1 Å². The largest absolute Gasteiger partial charge is 0.489 e. The van der Waals surface area contributed by atoms with Gasteiger partial charge in [-0.1, -0.05) is 58.4 Å². The Morgan fingerprint density at radius 2 is 1.45 bits per heavy atom. The van der Waals surface area contributed by atoms with Crippen LogP contribution in [-0.4, -0.2) is 23.9 Å². The van der Waals surface area contributed by atoms with Gasteiger partial charge in [0.15, 0.2) is 0 Å². The molecule has 0 aliphatic heterocycles. The Morgan fingerprint density at radius 3 is 2.18 bits per heavy atom. The Kier molecular flexibility index (Phi) is 8.98. The van der Waals surface area contributed by atoms with Gasteiger partial charge in [-0.05, 0) is 71.8 Å². The van der Waals surface area contributed by atoms with Gasteiger partial charge in [-0.25, -0.2) is 5.43 Å². The number of carbonyl (C=O) groups excluding carboxylic acids is 3. The Morgan fingerprint density at radius 1 is 0.763 bits per heavy atom. The van der Waals surface area contributed by atoms with Crippen molar-refractivity contribution in [3.8, 4) is 5.75 Å². The van der Waals surface area contributed by atoms with Crippen LogP contribution in [0.4, 0.5) is 11.4 Å². The molecule has 9 heteroatoms. The van der Waals surface area contributed by atoms with Crippen molar-refractivity contribution in [1.29, 1.82) is 0 Å². The lowest BCUT2D eigenvalue weighted by Gasteiger charge is -2.11. The van der Waals surface area contributed by atoms with E-state index in [0.29, 0.717) is 23.6 Å². The van der Waals surface area contributed by atoms with E-state index in [-0.39, 0.29) is 11.3 Å². The van der Waals surface area contributed by atoms with E-state index in [2.05, 4.69) is 37.1 Å². The number of para-hydroxylation sites is 1. The summed E-state index contributed by atoms with van der Waals surface area (Å²) in [7, 11) is 0. The maximum Gasteiger partial charge on any atom is 0.329 e. The lowest BCUT2D eigenvalue weighted by Crippen LogP contribution is -2.33. The van der Waals surface area contributed by atoms with Crippen LogP contribution in [0.2, 0.25) is 0 Å². The van der Waals surface area contributed by atoms with Gasteiger partial charge in [0.1, 0.15) is 12.4 Å². The normalized spacial score (nSPS) is 10.6. The number of rotatable bonds is 8. The van der Waals surface area contributed by atoms with E-state index in [4.69, 9.17) is 4.74 Å². The summed E-state index contributed by atoms with van der Waals surface area (Å²) in [4.78, 5) is 37.4. The van der Waals surface area contributed by atoms with Gasteiger partial charge in [0.05, 0.1) is 17.5 Å². The van der Waals surface area contributed by atoms with Gasteiger partial charge in [-0.3, -0.25) is 14.4 Å². The van der Waals surface area contributed by atoms with Gasteiger partial charge in [-0.2, -0.15) is 5.10 Å². The number of amides is 3. The van der Waals surface area contributed by atoms with Crippen molar-refractivity contribution in [1.82, 2.24) is 5.43 Å². The highest BCUT2D eigenvalue weighted by molar-refractivity contribution is 9.10. The zero-order chi connectivity index (χ0) is 26.7. The van der Waals surface area contributed by atoms with E-state index in [1.807, 2.05) is 30.3 Å². The summed E-state index contributed by atoms with van der Waals surface area (Å²) in [6.07, 6.45) is 1.41. The van der Waals surface area contributed by atoms with Crippen LogP contribution >= 0.6 is 15.9 Å². The van der Waals surface area contributed by atoms with E-state index >= 15 is 0 Å². The molecule has 4 rings (SSSR count). The van der Waals surface area contributed by atoms with Gasteiger partial charge in [0, 0.05) is 10.2 Å². The Balaban J connectivity index is 1.29. The molecule has 8 nitrogen and oxygen atoms in total. The van der Waals surface area contributed by atoms with Crippen LogP contribution in [0, 0.1) is 0 Å². The molecule has 0 aromatic heterocycles. The number of nitrogens with one attached hydrogen (secondary N) is 3. The minimum Gasteiger partial charge on any atom is -0.489 e. The summed E-state index contributed by atoms with van der Waals surface area (Å²) in [6.45, 7) is 0.453. The van der Waals surface area contributed by atoms with Gasteiger partial charge in [0.2, 0.25) is 0 Å². The van der Waals surface area contributed by atoms with Crippen LogP contribution in [0.15, 0.2) is 113 Å². The first-order valence-electron chi connectivity index (χ1n) is 11.5. The Bertz CT molecular complexity index is 1440. The first-order valence-corrected chi connectivity index (χ1v) is 12.3. The zero-order valence-electron chi connectivity index (χ0n) is 20.1. The van der Waals surface area contributed by atoms with Crippen LogP contribution < -0.4 is 20.8 Å². The lowest BCUT2D eigenvalue weighted by atomic mass is 10.1. The van der Waals surface area contributed by atoms with Gasteiger partial charge in [-0.15, -0.1) is 0 Å². The van der Waals surface area contributed by atoms with Crippen molar-refractivity contribution >= 4 is 51.2 Å². The highest BCUT2D eigenvalue weighted by Gasteiger charge is 2.17. The van der Waals surface area contributed by atoms with E-state index in [9.17, 15) is 14.4 Å². The average Bonchev–Trinajstić information content (AvgIpc) is 2.94. The molecule has 0 aliphatic carbocycles. The predicted molar refractivity (Wildman–Crippen MR) is 150 cm³/mol. The maximum atomic E-state index is 12.7. The number of halogens is 1. The van der Waals surface area contributed by atoms with E-state index in [1.165, 1.54) is 12.3 Å². The first kappa shape index (κ1) is 26.3. The summed E-state index contributed by atoms with van der Waals surface area (Å²) in [5, 5.41) is 9.06. The fourth-order valence-electron chi connectivity index (χ4n) is 3.31. The van der Waals surface area contributed by atoms with Gasteiger partial charge >= 0.3 is 11.8 Å². The molecule has 0 bridgehead atoms. The molecule has 0 saturated carbocycles. The van der Waals surface area contributed by atoms with Crippen molar-refractivity contribution in [2.45, 2.75) is 6.61 Å². The molecule has 0 spiro atoms. The quantitative estimate of drug-likeness (QED) is 0.150.